The van der Waals surface area contributed by atoms with Gasteiger partial charge >= 0.3 is 0 Å². The highest BCUT2D eigenvalue weighted by molar-refractivity contribution is 7.91. The summed E-state index contributed by atoms with van der Waals surface area (Å²) in [6.07, 6.45) is 0.933. The second-order valence-electron chi connectivity index (χ2n) is 5.00. The molecule has 0 aliphatic carbocycles. The van der Waals surface area contributed by atoms with Gasteiger partial charge in [-0.1, -0.05) is 38.2 Å². The van der Waals surface area contributed by atoms with Crippen molar-refractivity contribution >= 4 is 27.0 Å². The Morgan fingerprint density at radius 1 is 1.25 bits per heavy atom. The molecule has 0 atom stereocenters. The van der Waals surface area contributed by atoms with E-state index in [4.69, 9.17) is 22.7 Å². The zero-order valence-corrected chi connectivity index (χ0v) is 13.5. The molecule has 4 nitrogen and oxygen atoms in total. The van der Waals surface area contributed by atoms with E-state index < -0.39 is 9.84 Å². The molecule has 0 saturated heterocycles. The Morgan fingerprint density at radius 2 is 1.85 bits per heavy atom. The van der Waals surface area contributed by atoms with Crippen molar-refractivity contribution in [3.05, 3.63) is 29.8 Å². The number of ether oxygens (including phenoxy) is 1. The number of rotatable bonds is 8. The molecule has 0 aromatic heterocycles. The van der Waals surface area contributed by atoms with E-state index in [2.05, 4.69) is 13.8 Å². The Labute approximate surface area is 126 Å². The summed E-state index contributed by atoms with van der Waals surface area (Å²) >= 11 is 4.83. The first-order chi connectivity index (χ1) is 9.33. The van der Waals surface area contributed by atoms with Crippen molar-refractivity contribution in [1.29, 1.82) is 0 Å². The molecule has 0 aliphatic rings. The van der Waals surface area contributed by atoms with Gasteiger partial charge in [0.15, 0.2) is 9.84 Å². The van der Waals surface area contributed by atoms with Gasteiger partial charge < -0.3 is 10.5 Å². The summed E-state index contributed by atoms with van der Waals surface area (Å²) in [5.74, 6) is 0.539. The molecule has 0 spiro atoms. The molecule has 0 saturated carbocycles. The van der Waals surface area contributed by atoms with Gasteiger partial charge in [-0.25, -0.2) is 8.42 Å². The van der Waals surface area contributed by atoms with Crippen LogP contribution in [0.25, 0.3) is 0 Å². The molecule has 0 bridgehead atoms. The highest BCUT2D eigenvalue weighted by Crippen LogP contribution is 2.12. The average molecular weight is 315 g/mol. The van der Waals surface area contributed by atoms with Crippen molar-refractivity contribution in [1.82, 2.24) is 0 Å². The molecule has 1 aromatic rings. The molecule has 2 N–H and O–H groups in total. The Bertz CT molecular complexity index is 536. The van der Waals surface area contributed by atoms with Gasteiger partial charge in [0.2, 0.25) is 0 Å². The first-order valence-electron chi connectivity index (χ1n) is 6.53. The number of hydrogen-bond donors (Lipinski definition) is 1. The van der Waals surface area contributed by atoms with Crippen LogP contribution in [0.4, 0.5) is 0 Å². The number of benzene rings is 1. The fourth-order valence-electron chi connectivity index (χ4n) is 1.53. The highest BCUT2D eigenvalue weighted by atomic mass is 32.2. The van der Waals surface area contributed by atoms with E-state index in [1.54, 1.807) is 12.1 Å². The minimum Gasteiger partial charge on any atom is -0.389 e. The molecule has 0 fully saturated rings. The van der Waals surface area contributed by atoms with Crippen LogP contribution >= 0.6 is 12.2 Å². The molecule has 0 radical (unpaired) electrons. The molecule has 0 aliphatic heterocycles. The maximum absolute atomic E-state index is 12.1. The molecule has 20 heavy (non-hydrogen) atoms. The molecule has 0 amide bonds. The Kier molecular flexibility index (Phi) is 6.58. The van der Waals surface area contributed by atoms with Crippen LogP contribution in [0, 0.1) is 5.92 Å². The number of nitrogens with two attached hydrogens (primary N) is 1. The Hall–Kier alpha value is -0.980. The first-order valence-corrected chi connectivity index (χ1v) is 8.59. The highest BCUT2D eigenvalue weighted by Gasteiger charge is 2.14. The normalized spacial score (nSPS) is 11.8. The summed E-state index contributed by atoms with van der Waals surface area (Å²) in [6, 6.07) is 6.29. The summed E-state index contributed by atoms with van der Waals surface area (Å²) in [5, 5.41) is 0. The van der Waals surface area contributed by atoms with Crippen LogP contribution in [0.2, 0.25) is 0 Å². The van der Waals surface area contributed by atoms with Crippen molar-refractivity contribution in [3.63, 3.8) is 0 Å². The number of thiocarbonyl (C=S) groups is 1. The van der Waals surface area contributed by atoms with E-state index in [0.29, 0.717) is 18.1 Å². The predicted octanol–water partition coefficient (Wildman–Crippen LogP) is 2.16. The smallest absolute Gasteiger partial charge is 0.180 e. The van der Waals surface area contributed by atoms with E-state index in [-0.39, 0.29) is 22.2 Å². The maximum atomic E-state index is 12.1. The zero-order valence-electron chi connectivity index (χ0n) is 11.8. The van der Waals surface area contributed by atoms with Crippen LogP contribution in [0.15, 0.2) is 29.2 Å². The topological polar surface area (TPSA) is 69.4 Å². The van der Waals surface area contributed by atoms with Crippen molar-refractivity contribution < 1.29 is 13.2 Å². The Morgan fingerprint density at radius 3 is 2.35 bits per heavy atom. The molecule has 0 heterocycles. The van der Waals surface area contributed by atoms with Gasteiger partial charge in [0, 0.05) is 12.2 Å². The fourth-order valence-corrected chi connectivity index (χ4v) is 2.79. The van der Waals surface area contributed by atoms with Crippen molar-refractivity contribution in [2.24, 2.45) is 11.7 Å². The van der Waals surface area contributed by atoms with Crippen molar-refractivity contribution in [2.45, 2.75) is 25.2 Å². The van der Waals surface area contributed by atoms with Gasteiger partial charge in [-0.3, -0.25) is 0 Å². The fraction of sp³-hybridized carbons (Fsp3) is 0.500. The van der Waals surface area contributed by atoms with Gasteiger partial charge in [0.1, 0.15) is 4.99 Å². The van der Waals surface area contributed by atoms with Crippen molar-refractivity contribution in [3.8, 4) is 0 Å². The van der Waals surface area contributed by atoms with Crippen LogP contribution in [0.5, 0.6) is 0 Å². The van der Waals surface area contributed by atoms with Gasteiger partial charge in [0.05, 0.1) is 17.3 Å². The van der Waals surface area contributed by atoms with Crippen LogP contribution in [-0.2, 0) is 14.6 Å². The monoisotopic (exact) mass is 315 g/mol. The lowest BCUT2D eigenvalue weighted by Crippen LogP contribution is -2.14. The van der Waals surface area contributed by atoms with Gasteiger partial charge in [-0.2, -0.15) is 0 Å². The third-order valence-electron chi connectivity index (χ3n) is 2.83. The maximum Gasteiger partial charge on any atom is 0.180 e. The van der Waals surface area contributed by atoms with E-state index in [9.17, 15) is 8.42 Å². The summed E-state index contributed by atoms with van der Waals surface area (Å²) < 4.78 is 29.5. The van der Waals surface area contributed by atoms with Gasteiger partial charge in [-0.15, -0.1) is 0 Å². The molecule has 6 heteroatoms. The largest absolute Gasteiger partial charge is 0.389 e. The van der Waals surface area contributed by atoms with Crippen LogP contribution in [0.1, 0.15) is 25.8 Å². The predicted molar refractivity (Wildman–Crippen MR) is 84.7 cm³/mol. The summed E-state index contributed by atoms with van der Waals surface area (Å²) in [4.78, 5) is 0.524. The Balaban J connectivity index is 2.54. The summed E-state index contributed by atoms with van der Waals surface area (Å²) in [7, 11) is -3.31. The van der Waals surface area contributed by atoms with E-state index in [1.165, 1.54) is 12.1 Å². The van der Waals surface area contributed by atoms with E-state index in [0.717, 1.165) is 6.42 Å². The lowest BCUT2D eigenvalue weighted by atomic mass is 10.1. The average Bonchev–Trinajstić information content (AvgIpc) is 2.38. The molecular formula is C14H21NO3S2. The van der Waals surface area contributed by atoms with Crippen LogP contribution < -0.4 is 5.73 Å². The molecule has 112 valence electrons. The molecule has 1 rings (SSSR count). The van der Waals surface area contributed by atoms with E-state index in [1.807, 2.05) is 0 Å². The standard InChI is InChI=1S/C14H21NO3S2/c1-11(2)7-8-18-9-10-20(16,17)13-5-3-12(4-6-13)14(15)19/h3-6,11H,7-10H2,1-2H3,(H2,15,19). The minimum absolute atomic E-state index is 0.0164. The van der Waals surface area contributed by atoms with E-state index >= 15 is 0 Å². The van der Waals surface area contributed by atoms with Gasteiger partial charge in [-0.05, 0) is 24.5 Å². The first kappa shape index (κ1) is 17.1. The molecule has 1 aromatic carbocycles. The van der Waals surface area contributed by atoms with Crippen molar-refractivity contribution in [2.75, 3.05) is 19.0 Å². The molecular weight excluding hydrogens is 294 g/mol. The zero-order chi connectivity index (χ0) is 15.2. The van der Waals surface area contributed by atoms with Crippen LogP contribution in [0.3, 0.4) is 0 Å². The second-order valence-corrected chi connectivity index (χ2v) is 7.55. The second kappa shape index (κ2) is 7.71. The minimum atomic E-state index is -3.31. The lowest BCUT2D eigenvalue weighted by Gasteiger charge is -2.08. The quantitative estimate of drug-likeness (QED) is 0.588. The lowest BCUT2D eigenvalue weighted by molar-refractivity contribution is 0.137. The third-order valence-corrected chi connectivity index (χ3v) is 4.76. The third kappa shape index (κ3) is 5.56. The number of sulfone groups is 1. The van der Waals surface area contributed by atoms with Crippen LogP contribution in [-0.4, -0.2) is 32.4 Å². The molecule has 0 unspecified atom stereocenters. The number of hydrogen-bond acceptors (Lipinski definition) is 4. The summed E-state index contributed by atoms with van der Waals surface area (Å²) in [6.45, 7) is 5.01. The van der Waals surface area contributed by atoms with Gasteiger partial charge in [0.25, 0.3) is 0 Å². The SMILES string of the molecule is CC(C)CCOCCS(=O)(=O)c1ccc(C(N)=S)cc1. The summed E-state index contributed by atoms with van der Waals surface area (Å²) in [5.41, 5.74) is 6.13.